The predicted molar refractivity (Wildman–Crippen MR) is 67.9 cm³/mol. The number of aliphatic carboxylic acids is 1. The van der Waals surface area contributed by atoms with Gasteiger partial charge in [0.1, 0.15) is 11.6 Å². The van der Waals surface area contributed by atoms with Crippen molar-refractivity contribution in [3.8, 4) is 0 Å². The van der Waals surface area contributed by atoms with Gasteiger partial charge in [0.15, 0.2) is 4.34 Å². The van der Waals surface area contributed by atoms with Gasteiger partial charge in [0.2, 0.25) is 5.13 Å². The van der Waals surface area contributed by atoms with Crippen LogP contribution in [0.3, 0.4) is 0 Å². The number of hydrogen-bond donors (Lipinski definition) is 2. The van der Waals surface area contributed by atoms with Gasteiger partial charge in [-0.3, -0.25) is 4.79 Å². The van der Waals surface area contributed by atoms with Gasteiger partial charge >= 0.3 is 5.97 Å². The van der Waals surface area contributed by atoms with E-state index in [2.05, 4.69) is 15.5 Å². The molecule has 9 heteroatoms. The smallest absolute Gasteiger partial charge is 0.313 e. The molecule has 2 N–H and O–H groups in total. The molecule has 0 fully saturated rings. The Morgan fingerprint density at radius 1 is 1.42 bits per heavy atom. The molecule has 0 aliphatic carbocycles. The monoisotopic (exact) mass is 303 g/mol. The van der Waals surface area contributed by atoms with E-state index in [9.17, 15) is 13.6 Å². The number of hydrogen-bond acceptors (Lipinski definition) is 6. The van der Waals surface area contributed by atoms with E-state index in [1.807, 2.05) is 0 Å². The van der Waals surface area contributed by atoms with Gasteiger partial charge in [0.25, 0.3) is 0 Å². The summed E-state index contributed by atoms with van der Waals surface area (Å²) in [5, 5.41) is 18.9. The van der Waals surface area contributed by atoms with Gasteiger partial charge in [0, 0.05) is 6.07 Å². The first-order chi connectivity index (χ1) is 9.04. The van der Waals surface area contributed by atoms with Gasteiger partial charge in [-0.1, -0.05) is 23.1 Å². The summed E-state index contributed by atoms with van der Waals surface area (Å²) in [4.78, 5) is 10.4. The van der Waals surface area contributed by atoms with Crippen LogP contribution in [0.2, 0.25) is 0 Å². The number of anilines is 2. The van der Waals surface area contributed by atoms with Crippen molar-refractivity contribution in [3.63, 3.8) is 0 Å². The molecule has 0 unspecified atom stereocenters. The number of thioether (sulfide) groups is 1. The van der Waals surface area contributed by atoms with Crippen LogP contribution < -0.4 is 5.32 Å². The maximum Gasteiger partial charge on any atom is 0.313 e. The minimum atomic E-state index is -0.959. The minimum absolute atomic E-state index is 0.0762. The number of nitrogens with zero attached hydrogens (tertiary/aromatic N) is 2. The summed E-state index contributed by atoms with van der Waals surface area (Å²) in [6, 6.07) is 3.12. The van der Waals surface area contributed by atoms with Gasteiger partial charge in [-0.2, -0.15) is 0 Å². The van der Waals surface area contributed by atoms with E-state index >= 15 is 0 Å². The number of rotatable bonds is 5. The van der Waals surface area contributed by atoms with Crippen LogP contribution in [0, 0.1) is 11.6 Å². The summed E-state index contributed by atoms with van der Waals surface area (Å²) in [5.41, 5.74) is 0.0762. The number of benzene rings is 1. The maximum absolute atomic E-state index is 13.4. The Hall–Kier alpha value is -1.74. The molecule has 2 aromatic rings. The fourth-order valence-electron chi connectivity index (χ4n) is 1.15. The zero-order valence-electron chi connectivity index (χ0n) is 9.26. The molecule has 0 saturated carbocycles. The van der Waals surface area contributed by atoms with Crippen molar-refractivity contribution in [2.24, 2.45) is 0 Å². The summed E-state index contributed by atoms with van der Waals surface area (Å²) in [7, 11) is 0. The first-order valence-corrected chi connectivity index (χ1v) is 6.75. The quantitative estimate of drug-likeness (QED) is 0.827. The second-order valence-electron chi connectivity index (χ2n) is 3.30. The van der Waals surface area contributed by atoms with E-state index in [-0.39, 0.29) is 11.4 Å². The molecule has 0 aliphatic heterocycles. The Morgan fingerprint density at radius 3 is 2.89 bits per heavy atom. The Balaban J connectivity index is 2.05. The lowest BCUT2D eigenvalue weighted by molar-refractivity contribution is -0.133. The highest BCUT2D eigenvalue weighted by molar-refractivity contribution is 8.01. The fraction of sp³-hybridized carbons (Fsp3) is 0.100. The van der Waals surface area contributed by atoms with Gasteiger partial charge in [-0.15, -0.1) is 10.2 Å². The molecule has 19 heavy (non-hydrogen) atoms. The number of carboxylic acid groups (broad SMARTS) is 1. The number of nitrogens with one attached hydrogen (secondary N) is 1. The van der Waals surface area contributed by atoms with Crippen LogP contribution >= 0.6 is 23.1 Å². The van der Waals surface area contributed by atoms with Crippen molar-refractivity contribution in [1.29, 1.82) is 0 Å². The molecular formula is C10H7F2N3O2S2. The van der Waals surface area contributed by atoms with Crippen LogP contribution in [-0.2, 0) is 4.79 Å². The Labute approximate surface area is 114 Å². The predicted octanol–water partition coefficient (Wildman–Crippen LogP) is 2.74. The summed E-state index contributed by atoms with van der Waals surface area (Å²) >= 11 is 2.11. The van der Waals surface area contributed by atoms with Crippen LogP contribution in [0.1, 0.15) is 0 Å². The number of carbonyl (C=O) groups is 1. The van der Waals surface area contributed by atoms with E-state index in [1.165, 1.54) is 6.07 Å². The zero-order chi connectivity index (χ0) is 13.8. The van der Waals surface area contributed by atoms with Crippen molar-refractivity contribution in [2.45, 2.75) is 4.34 Å². The highest BCUT2D eigenvalue weighted by Crippen LogP contribution is 2.28. The number of carboxylic acids is 1. The molecular weight excluding hydrogens is 296 g/mol. The molecule has 1 heterocycles. The zero-order valence-corrected chi connectivity index (χ0v) is 10.9. The van der Waals surface area contributed by atoms with Crippen LogP contribution in [0.15, 0.2) is 22.5 Å². The lowest BCUT2D eigenvalue weighted by Crippen LogP contribution is -1.96. The molecule has 1 aromatic heterocycles. The SMILES string of the molecule is O=C(O)CSc1nnc(Nc2ccc(F)cc2F)s1. The van der Waals surface area contributed by atoms with E-state index in [0.717, 1.165) is 35.2 Å². The van der Waals surface area contributed by atoms with Crippen molar-refractivity contribution < 1.29 is 18.7 Å². The normalized spacial score (nSPS) is 10.4. The van der Waals surface area contributed by atoms with Crippen LogP contribution in [0.5, 0.6) is 0 Å². The second-order valence-corrected chi connectivity index (χ2v) is 5.50. The summed E-state index contributed by atoms with van der Waals surface area (Å²) < 4.78 is 26.5. The third-order valence-corrected chi connectivity index (χ3v) is 3.86. The third-order valence-electron chi connectivity index (χ3n) is 1.90. The van der Waals surface area contributed by atoms with Gasteiger partial charge in [-0.05, 0) is 12.1 Å². The largest absolute Gasteiger partial charge is 0.481 e. The Kier molecular flexibility index (Phi) is 4.27. The van der Waals surface area contributed by atoms with Gasteiger partial charge in [0.05, 0.1) is 11.4 Å². The van der Waals surface area contributed by atoms with Crippen LogP contribution in [0.25, 0.3) is 0 Å². The average molecular weight is 303 g/mol. The second kappa shape index (κ2) is 5.93. The minimum Gasteiger partial charge on any atom is -0.481 e. The topological polar surface area (TPSA) is 75.1 Å². The standard InChI is InChI=1S/C10H7F2N3O2S2/c11-5-1-2-7(6(12)3-5)13-9-14-15-10(19-9)18-4-8(16)17/h1-3H,4H2,(H,13,14)(H,16,17). The first kappa shape index (κ1) is 13.7. The molecule has 1 aromatic carbocycles. The highest BCUT2D eigenvalue weighted by Gasteiger charge is 2.09. The molecule has 0 radical (unpaired) electrons. The Bertz CT molecular complexity index is 606. The molecule has 2 rings (SSSR count). The molecule has 0 aliphatic rings. The maximum atomic E-state index is 13.4. The lowest BCUT2D eigenvalue weighted by atomic mass is 10.3. The van der Waals surface area contributed by atoms with Gasteiger partial charge in [-0.25, -0.2) is 8.78 Å². The molecule has 5 nitrogen and oxygen atoms in total. The molecule has 0 bridgehead atoms. The molecule has 0 saturated heterocycles. The van der Waals surface area contributed by atoms with E-state index in [4.69, 9.17) is 5.11 Å². The Morgan fingerprint density at radius 2 is 2.21 bits per heavy atom. The third kappa shape index (κ3) is 3.86. The summed E-state index contributed by atoms with van der Waals surface area (Å²) in [6.45, 7) is 0. The van der Waals surface area contributed by atoms with Crippen molar-refractivity contribution in [1.82, 2.24) is 10.2 Å². The van der Waals surface area contributed by atoms with E-state index in [1.54, 1.807) is 0 Å². The number of halogens is 2. The molecule has 100 valence electrons. The van der Waals surface area contributed by atoms with E-state index < -0.39 is 17.6 Å². The summed E-state index contributed by atoms with van der Waals surface area (Å²) in [5.74, 6) is -2.49. The van der Waals surface area contributed by atoms with Crippen LogP contribution in [0.4, 0.5) is 19.6 Å². The van der Waals surface area contributed by atoms with Gasteiger partial charge < -0.3 is 10.4 Å². The van der Waals surface area contributed by atoms with Crippen molar-refractivity contribution >= 4 is 39.9 Å². The van der Waals surface area contributed by atoms with Crippen molar-refractivity contribution in [3.05, 3.63) is 29.8 Å². The first-order valence-electron chi connectivity index (χ1n) is 4.95. The molecule has 0 atom stereocenters. The lowest BCUT2D eigenvalue weighted by Gasteiger charge is -2.02. The molecule has 0 spiro atoms. The van der Waals surface area contributed by atoms with Crippen LogP contribution in [-0.4, -0.2) is 27.0 Å². The highest BCUT2D eigenvalue weighted by atomic mass is 32.2. The fourth-order valence-corrected chi connectivity index (χ4v) is 2.63. The van der Waals surface area contributed by atoms with E-state index in [0.29, 0.717) is 9.47 Å². The molecule has 0 amide bonds. The number of aromatic nitrogens is 2. The summed E-state index contributed by atoms with van der Waals surface area (Å²) in [6.07, 6.45) is 0. The van der Waals surface area contributed by atoms with Crippen molar-refractivity contribution in [2.75, 3.05) is 11.1 Å². The average Bonchev–Trinajstić information content (AvgIpc) is 2.78.